The molecule has 0 saturated carbocycles. The fraction of sp³-hybridized carbons (Fsp3) is 0.500. The van der Waals surface area contributed by atoms with E-state index in [4.69, 9.17) is 4.74 Å². The average molecular weight is 345 g/mol. The highest BCUT2D eigenvalue weighted by Crippen LogP contribution is 2.34. The van der Waals surface area contributed by atoms with Crippen molar-refractivity contribution in [2.45, 2.75) is 25.7 Å². The van der Waals surface area contributed by atoms with Crippen molar-refractivity contribution in [3.8, 4) is 5.75 Å². The van der Waals surface area contributed by atoms with Crippen LogP contribution in [0.15, 0.2) is 24.3 Å². The molecule has 2 aliphatic rings. The van der Waals surface area contributed by atoms with Gasteiger partial charge in [0, 0.05) is 13.1 Å². The van der Waals surface area contributed by atoms with Gasteiger partial charge in [-0.1, -0.05) is 18.2 Å². The van der Waals surface area contributed by atoms with Crippen LogP contribution in [0.5, 0.6) is 5.75 Å². The Morgan fingerprint density at radius 3 is 2.60 bits per heavy atom. The summed E-state index contributed by atoms with van der Waals surface area (Å²) in [4.78, 5) is 38.3. The molecule has 2 aliphatic heterocycles. The predicted molar refractivity (Wildman–Crippen MR) is 91.3 cm³/mol. The second-order valence-electron chi connectivity index (χ2n) is 6.26. The molecule has 0 bridgehead atoms. The molecule has 1 N–H and O–H groups in total. The minimum Gasteiger partial charge on any atom is -0.494 e. The summed E-state index contributed by atoms with van der Waals surface area (Å²) >= 11 is 0. The molecule has 134 valence electrons. The third-order valence-electron chi connectivity index (χ3n) is 4.74. The van der Waals surface area contributed by atoms with Gasteiger partial charge in [-0.15, -0.1) is 0 Å². The quantitative estimate of drug-likeness (QED) is 0.817. The largest absolute Gasteiger partial charge is 0.494 e. The maximum absolute atomic E-state index is 12.4. The number of carbonyl (C=O) groups is 3. The van der Waals surface area contributed by atoms with Gasteiger partial charge in [0.1, 0.15) is 12.3 Å². The Hall–Kier alpha value is -2.57. The van der Waals surface area contributed by atoms with E-state index in [0.29, 0.717) is 25.6 Å². The molecule has 3 rings (SSSR count). The topological polar surface area (TPSA) is 79.0 Å². The van der Waals surface area contributed by atoms with E-state index in [-0.39, 0.29) is 24.9 Å². The minimum absolute atomic E-state index is 0.0254. The molecule has 4 amide bonds. The highest BCUT2D eigenvalue weighted by molar-refractivity contribution is 6.04. The van der Waals surface area contributed by atoms with Crippen molar-refractivity contribution in [1.29, 1.82) is 0 Å². The van der Waals surface area contributed by atoms with Crippen molar-refractivity contribution in [3.05, 3.63) is 29.8 Å². The summed E-state index contributed by atoms with van der Waals surface area (Å²) in [5.74, 6) is 0.735. The van der Waals surface area contributed by atoms with Gasteiger partial charge in [0.2, 0.25) is 5.91 Å². The van der Waals surface area contributed by atoms with E-state index >= 15 is 0 Å². The zero-order valence-corrected chi connectivity index (χ0v) is 14.4. The highest BCUT2D eigenvalue weighted by Gasteiger charge is 2.33. The van der Waals surface area contributed by atoms with E-state index in [2.05, 4.69) is 11.4 Å². The van der Waals surface area contributed by atoms with Crippen LogP contribution in [0.4, 0.5) is 4.79 Å². The average Bonchev–Trinajstić information content (AvgIpc) is 2.94. The third-order valence-corrected chi connectivity index (χ3v) is 4.74. The molecule has 25 heavy (non-hydrogen) atoms. The van der Waals surface area contributed by atoms with Crippen LogP contribution in [-0.4, -0.2) is 60.4 Å². The van der Waals surface area contributed by atoms with Crippen molar-refractivity contribution >= 4 is 17.8 Å². The fourth-order valence-electron chi connectivity index (χ4n) is 3.40. The zero-order valence-electron chi connectivity index (χ0n) is 14.4. The molecule has 0 spiro atoms. The number of hydrogen-bond acceptors (Lipinski definition) is 4. The maximum Gasteiger partial charge on any atom is 0.325 e. The number of carbonyl (C=O) groups excluding carboxylic acids is 3. The number of likely N-dealkylation sites (tertiary alicyclic amines) is 1. The van der Waals surface area contributed by atoms with Gasteiger partial charge in [-0.2, -0.15) is 0 Å². The molecule has 2 fully saturated rings. The molecule has 0 unspecified atom stereocenters. The first kappa shape index (κ1) is 17.3. The number of nitrogens with one attached hydrogen (secondary N) is 1. The molecular formula is C18H23N3O4. The maximum atomic E-state index is 12.4. The van der Waals surface area contributed by atoms with E-state index in [9.17, 15) is 14.4 Å². The number of para-hydroxylation sites is 1. The SMILES string of the molecule is CCOc1ccccc1C1CCN(C(=O)CN2C(=O)CNC2=O)CC1. The van der Waals surface area contributed by atoms with Crippen molar-refractivity contribution in [2.24, 2.45) is 0 Å². The van der Waals surface area contributed by atoms with Crippen LogP contribution in [0, 0.1) is 0 Å². The Bertz CT molecular complexity index is 652. The van der Waals surface area contributed by atoms with Crippen LogP contribution in [0.25, 0.3) is 0 Å². The van der Waals surface area contributed by atoms with E-state index in [1.54, 1.807) is 4.90 Å². The number of rotatable bonds is 5. The lowest BCUT2D eigenvalue weighted by Gasteiger charge is -2.33. The lowest BCUT2D eigenvalue weighted by atomic mass is 9.89. The van der Waals surface area contributed by atoms with Gasteiger partial charge >= 0.3 is 6.03 Å². The summed E-state index contributed by atoms with van der Waals surface area (Å²) in [7, 11) is 0. The fourth-order valence-corrected chi connectivity index (χ4v) is 3.40. The van der Waals surface area contributed by atoms with Crippen molar-refractivity contribution < 1.29 is 19.1 Å². The second kappa shape index (κ2) is 7.55. The van der Waals surface area contributed by atoms with Crippen LogP contribution in [0.3, 0.4) is 0 Å². The van der Waals surface area contributed by atoms with Crippen LogP contribution in [0.1, 0.15) is 31.2 Å². The van der Waals surface area contributed by atoms with Crippen LogP contribution >= 0.6 is 0 Å². The molecule has 2 heterocycles. The molecule has 0 atom stereocenters. The van der Waals surface area contributed by atoms with Gasteiger partial charge in [0.15, 0.2) is 0 Å². The second-order valence-corrected chi connectivity index (χ2v) is 6.26. The third kappa shape index (κ3) is 3.75. The molecule has 1 aromatic carbocycles. The summed E-state index contributed by atoms with van der Waals surface area (Å²) in [6, 6.07) is 7.55. The number of imide groups is 1. The van der Waals surface area contributed by atoms with E-state index in [1.807, 2.05) is 25.1 Å². The number of urea groups is 1. The lowest BCUT2D eigenvalue weighted by molar-refractivity contribution is -0.137. The number of benzene rings is 1. The summed E-state index contributed by atoms with van der Waals surface area (Å²) in [5.41, 5.74) is 1.19. The van der Waals surface area contributed by atoms with Crippen molar-refractivity contribution in [3.63, 3.8) is 0 Å². The first-order valence-corrected chi connectivity index (χ1v) is 8.67. The van der Waals surface area contributed by atoms with Crippen LogP contribution in [0.2, 0.25) is 0 Å². The van der Waals surface area contributed by atoms with E-state index in [0.717, 1.165) is 23.5 Å². The van der Waals surface area contributed by atoms with Gasteiger partial charge in [-0.3, -0.25) is 14.5 Å². The number of piperidine rings is 1. The zero-order chi connectivity index (χ0) is 17.8. The first-order chi connectivity index (χ1) is 12.1. The predicted octanol–water partition coefficient (Wildman–Crippen LogP) is 1.34. The molecular weight excluding hydrogens is 322 g/mol. The number of amides is 4. The Morgan fingerprint density at radius 1 is 1.24 bits per heavy atom. The van der Waals surface area contributed by atoms with Crippen molar-refractivity contribution in [2.75, 3.05) is 32.8 Å². The Labute approximate surface area is 146 Å². The Balaban J connectivity index is 1.58. The van der Waals surface area contributed by atoms with Gasteiger partial charge in [0.25, 0.3) is 5.91 Å². The van der Waals surface area contributed by atoms with Gasteiger partial charge in [-0.05, 0) is 37.3 Å². The lowest BCUT2D eigenvalue weighted by Crippen LogP contribution is -2.45. The summed E-state index contributed by atoms with van der Waals surface area (Å²) < 4.78 is 5.71. The first-order valence-electron chi connectivity index (χ1n) is 8.67. The summed E-state index contributed by atoms with van der Waals surface area (Å²) in [6.45, 7) is 3.63. The highest BCUT2D eigenvalue weighted by atomic mass is 16.5. The molecule has 0 aliphatic carbocycles. The van der Waals surface area contributed by atoms with Crippen LogP contribution in [-0.2, 0) is 9.59 Å². The molecule has 1 aromatic rings. The Morgan fingerprint density at radius 2 is 1.96 bits per heavy atom. The van der Waals surface area contributed by atoms with Gasteiger partial charge in [-0.25, -0.2) is 4.79 Å². The molecule has 7 heteroatoms. The van der Waals surface area contributed by atoms with Crippen molar-refractivity contribution in [1.82, 2.24) is 15.1 Å². The monoisotopic (exact) mass is 345 g/mol. The molecule has 7 nitrogen and oxygen atoms in total. The standard InChI is InChI=1S/C18H23N3O4/c1-2-25-15-6-4-3-5-14(15)13-7-9-20(10-8-13)17(23)12-21-16(22)11-19-18(21)24/h3-6,13H,2,7-12H2,1H3,(H,19,24). The Kier molecular flexibility index (Phi) is 5.21. The molecule has 2 saturated heterocycles. The smallest absolute Gasteiger partial charge is 0.325 e. The van der Waals surface area contributed by atoms with Crippen LogP contribution < -0.4 is 10.1 Å². The van der Waals surface area contributed by atoms with E-state index in [1.165, 1.54) is 5.56 Å². The van der Waals surface area contributed by atoms with E-state index < -0.39 is 6.03 Å². The molecule has 0 radical (unpaired) electrons. The van der Waals surface area contributed by atoms with Gasteiger partial charge < -0.3 is 15.0 Å². The normalized spacial score (nSPS) is 18.4. The number of nitrogens with zero attached hydrogens (tertiary/aromatic N) is 2. The number of hydrogen-bond donors (Lipinski definition) is 1. The summed E-state index contributed by atoms with van der Waals surface area (Å²) in [6.07, 6.45) is 1.69. The van der Waals surface area contributed by atoms with Gasteiger partial charge in [0.05, 0.1) is 13.2 Å². The number of ether oxygens (including phenoxy) is 1. The molecule has 0 aromatic heterocycles. The minimum atomic E-state index is -0.487. The summed E-state index contributed by atoms with van der Waals surface area (Å²) in [5, 5.41) is 2.43.